The third kappa shape index (κ3) is 4.05. The number of imide groups is 1. The lowest BCUT2D eigenvalue weighted by Crippen LogP contribution is -2.32. The second-order valence-corrected chi connectivity index (χ2v) is 5.17. The molecule has 1 aliphatic heterocycles. The average molecular weight is 338 g/mol. The number of nitrogens with one attached hydrogen (secondary N) is 1. The molecule has 2 aromatic rings. The minimum absolute atomic E-state index is 0.0483. The Morgan fingerprint density at radius 3 is 2.48 bits per heavy atom. The van der Waals surface area contributed by atoms with Crippen molar-refractivity contribution in [3.63, 3.8) is 0 Å². The Morgan fingerprint density at radius 1 is 1.12 bits per heavy atom. The van der Waals surface area contributed by atoms with Gasteiger partial charge in [-0.05, 0) is 17.7 Å². The van der Waals surface area contributed by atoms with E-state index >= 15 is 0 Å². The molecule has 1 aromatic heterocycles. The minimum Gasteiger partial charge on any atom is -0.325 e. The summed E-state index contributed by atoms with van der Waals surface area (Å²) in [6, 6.07) is 12.5. The number of hydrogen-bond acceptors (Lipinski definition) is 7. The molecule has 0 spiro atoms. The van der Waals surface area contributed by atoms with Crippen molar-refractivity contribution < 1.29 is 19.2 Å². The van der Waals surface area contributed by atoms with Crippen molar-refractivity contribution in [2.45, 2.75) is 12.8 Å². The normalized spacial score (nSPS) is 14.2. The van der Waals surface area contributed by atoms with Crippen molar-refractivity contribution in [3.8, 4) is 0 Å². The summed E-state index contributed by atoms with van der Waals surface area (Å²) in [6.07, 6.45) is 3.00. The van der Waals surface area contributed by atoms with Crippen LogP contribution < -0.4 is 5.43 Å². The van der Waals surface area contributed by atoms with E-state index in [0.29, 0.717) is 10.9 Å². The summed E-state index contributed by atoms with van der Waals surface area (Å²) in [5.41, 5.74) is 3.78. The van der Waals surface area contributed by atoms with Gasteiger partial charge in [0.05, 0.1) is 11.8 Å². The van der Waals surface area contributed by atoms with Gasteiger partial charge in [-0.25, -0.2) is 9.78 Å². The van der Waals surface area contributed by atoms with Crippen molar-refractivity contribution in [2.24, 2.45) is 5.10 Å². The summed E-state index contributed by atoms with van der Waals surface area (Å²) in [5, 5.41) is 4.54. The third-order valence-corrected chi connectivity index (χ3v) is 3.37. The van der Waals surface area contributed by atoms with Gasteiger partial charge >= 0.3 is 5.97 Å². The zero-order valence-corrected chi connectivity index (χ0v) is 13.1. The maximum absolute atomic E-state index is 11.9. The average Bonchev–Trinajstić information content (AvgIpc) is 2.95. The van der Waals surface area contributed by atoms with E-state index < -0.39 is 17.8 Å². The van der Waals surface area contributed by atoms with E-state index in [1.54, 1.807) is 6.21 Å². The van der Waals surface area contributed by atoms with E-state index in [1.165, 1.54) is 18.3 Å². The molecule has 2 heterocycles. The third-order valence-electron chi connectivity index (χ3n) is 3.37. The summed E-state index contributed by atoms with van der Waals surface area (Å²) >= 11 is 0. The smallest absolute Gasteiger partial charge is 0.325 e. The maximum Gasteiger partial charge on any atom is 0.365 e. The van der Waals surface area contributed by atoms with Crippen LogP contribution in [0.25, 0.3) is 0 Å². The van der Waals surface area contributed by atoms with Crippen LogP contribution in [-0.2, 0) is 14.4 Å². The van der Waals surface area contributed by atoms with Crippen LogP contribution in [0.3, 0.4) is 0 Å². The van der Waals surface area contributed by atoms with E-state index in [1.807, 2.05) is 30.3 Å². The predicted molar refractivity (Wildman–Crippen MR) is 88.4 cm³/mol. The molecule has 126 valence electrons. The Morgan fingerprint density at radius 2 is 1.84 bits per heavy atom. The first-order chi connectivity index (χ1) is 12.1. The fourth-order valence-corrected chi connectivity index (χ4v) is 2.09. The summed E-state index contributed by atoms with van der Waals surface area (Å²) in [6.45, 7) is 0. The lowest BCUT2D eigenvalue weighted by molar-refractivity contribution is -0.172. The van der Waals surface area contributed by atoms with Crippen molar-refractivity contribution in [1.82, 2.24) is 10.0 Å². The van der Waals surface area contributed by atoms with Gasteiger partial charge in [-0.3, -0.25) is 15.0 Å². The molecule has 8 nitrogen and oxygen atoms in total. The van der Waals surface area contributed by atoms with E-state index in [2.05, 4.69) is 15.5 Å². The lowest BCUT2D eigenvalue weighted by Gasteiger charge is -2.12. The minimum atomic E-state index is -0.824. The molecule has 1 saturated heterocycles. The van der Waals surface area contributed by atoms with Crippen LogP contribution in [0.2, 0.25) is 0 Å². The van der Waals surface area contributed by atoms with Gasteiger partial charge in [0.25, 0.3) is 11.8 Å². The Kier molecular flexibility index (Phi) is 4.79. The van der Waals surface area contributed by atoms with E-state index in [0.717, 1.165) is 5.56 Å². The van der Waals surface area contributed by atoms with Crippen molar-refractivity contribution in [3.05, 3.63) is 59.8 Å². The molecule has 8 heteroatoms. The number of pyridine rings is 1. The Hall–Kier alpha value is -3.55. The molecule has 1 fully saturated rings. The monoisotopic (exact) mass is 338 g/mol. The number of nitrogens with zero attached hydrogens (tertiary/aromatic N) is 3. The number of carbonyl (C=O) groups excluding carboxylic acids is 3. The number of aromatic nitrogens is 1. The Bertz CT molecular complexity index is 802. The fraction of sp³-hybridized carbons (Fsp3) is 0.118. The summed E-state index contributed by atoms with van der Waals surface area (Å²) in [4.78, 5) is 43.6. The second-order valence-electron chi connectivity index (χ2n) is 5.17. The number of hydroxylamine groups is 2. The number of hydrogen-bond donors (Lipinski definition) is 1. The molecule has 0 radical (unpaired) electrons. The van der Waals surface area contributed by atoms with Gasteiger partial charge in [0.15, 0.2) is 0 Å². The highest BCUT2D eigenvalue weighted by Gasteiger charge is 2.33. The van der Waals surface area contributed by atoms with E-state index in [4.69, 9.17) is 4.84 Å². The predicted octanol–water partition coefficient (Wildman–Crippen LogP) is 1.75. The largest absolute Gasteiger partial charge is 0.365 e. The van der Waals surface area contributed by atoms with Gasteiger partial charge in [0.2, 0.25) is 0 Å². The van der Waals surface area contributed by atoms with Crippen LogP contribution in [-0.4, -0.2) is 34.0 Å². The molecule has 1 aromatic carbocycles. The first kappa shape index (κ1) is 16.3. The highest BCUT2D eigenvalue weighted by molar-refractivity contribution is 6.02. The van der Waals surface area contributed by atoms with Gasteiger partial charge in [-0.2, -0.15) is 5.10 Å². The number of benzene rings is 1. The molecule has 1 N–H and O–H groups in total. The molecule has 0 saturated carbocycles. The molecular weight excluding hydrogens is 324 g/mol. The van der Waals surface area contributed by atoms with Gasteiger partial charge < -0.3 is 4.84 Å². The Balaban J connectivity index is 1.58. The molecule has 25 heavy (non-hydrogen) atoms. The van der Waals surface area contributed by atoms with Gasteiger partial charge in [0, 0.05) is 19.0 Å². The van der Waals surface area contributed by atoms with Gasteiger partial charge in [0.1, 0.15) is 5.82 Å². The summed E-state index contributed by atoms with van der Waals surface area (Å²) in [5.74, 6) is -1.45. The zero-order valence-electron chi connectivity index (χ0n) is 13.1. The fourth-order valence-electron chi connectivity index (χ4n) is 2.09. The van der Waals surface area contributed by atoms with Crippen LogP contribution in [0.4, 0.5) is 5.82 Å². The van der Waals surface area contributed by atoms with E-state index in [9.17, 15) is 14.4 Å². The van der Waals surface area contributed by atoms with Crippen molar-refractivity contribution in [1.29, 1.82) is 0 Å². The number of anilines is 1. The summed E-state index contributed by atoms with van der Waals surface area (Å²) in [7, 11) is 0. The first-order valence-corrected chi connectivity index (χ1v) is 7.52. The van der Waals surface area contributed by atoms with Gasteiger partial charge in [-0.15, -0.1) is 5.06 Å². The van der Waals surface area contributed by atoms with Crippen LogP contribution in [0.1, 0.15) is 28.8 Å². The topological polar surface area (TPSA) is 101 Å². The quantitative estimate of drug-likeness (QED) is 0.506. The Labute approximate surface area is 143 Å². The maximum atomic E-state index is 11.9. The number of amides is 2. The van der Waals surface area contributed by atoms with Crippen LogP contribution in [0.5, 0.6) is 0 Å². The molecule has 0 bridgehead atoms. The molecular formula is C17H14N4O4. The first-order valence-electron chi connectivity index (χ1n) is 7.52. The highest BCUT2D eigenvalue weighted by atomic mass is 16.7. The highest BCUT2D eigenvalue weighted by Crippen LogP contribution is 2.14. The molecule has 0 atom stereocenters. The standard InChI is InChI=1S/C17H14N4O4/c22-15-8-9-16(23)21(15)25-17(24)13-6-7-14(18-11-13)20-19-10-12-4-2-1-3-5-12/h1-7,10-11H,8-9H2,(H,18,20)/b19-10+. The van der Waals surface area contributed by atoms with Crippen molar-refractivity contribution >= 4 is 29.8 Å². The van der Waals surface area contributed by atoms with Gasteiger partial charge in [-0.1, -0.05) is 30.3 Å². The zero-order chi connectivity index (χ0) is 17.6. The van der Waals surface area contributed by atoms with Crippen LogP contribution in [0.15, 0.2) is 53.8 Å². The molecule has 0 aliphatic carbocycles. The van der Waals surface area contributed by atoms with E-state index in [-0.39, 0.29) is 18.4 Å². The molecule has 0 unspecified atom stereocenters. The number of hydrazone groups is 1. The van der Waals surface area contributed by atoms with Crippen LogP contribution in [0, 0.1) is 0 Å². The molecule has 1 aliphatic rings. The second kappa shape index (κ2) is 7.35. The molecule has 3 rings (SSSR count). The van der Waals surface area contributed by atoms with Crippen LogP contribution >= 0.6 is 0 Å². The number of rotatable bonds is 5. The SMILES string of the molecule is O=C(ON1C(=O)CCC1=O)c1ccc(N/N=C/c2ccccc2)nc1. The lowest BCUT2D eigenvalue weighted by atomic mass is 10.2. The van der Waals surface area contributed by atoms with Crippen molar-refractivity contribution in [2.75, 3.05) is 5.43 Å². The molecule has 2 amide bonds. The summed E-state index contributed by atoms with van der Waals surface area (Å²) < 4.78 is 0. The number of carbonyl (C=O) groups is 3.